The van der Waals surface area contributed by atoms with E-state index in [4.69, 9.17) is 9.47 Å². The van der Waals surface area contributed by atoms with Crippen molar-refractivity contribution in [3.63, 3.8) is 0 Å². The van der Waals surface area contributed by atoms with Gasteiger partial charge in [-0.1, -0.05) is 6.92 Å². The Balaban J connectivity index is 3.83. The number of carbonyl (C=O) groups excluding carboxylic acids is 1. The Morgan fingerprint density at radius 2 is 1.93 bits per heavy atom. The van der Waals surface area contributed by atoms with Crippen LogP contribution >= 0.6 is 0 Å². The third kappa shape index (κ3) is 6.47. The van der Waals surface area contributed by atoms with Gasteiger partial charge in [-0.15, -0.1) is 0 Å². The van der Waals surface area contributed by atoms with E-state index in [-0.39, 0.29) is 18.1 Å². The average molecular weight is 217 g/mol. The number of ether oxygens (including phenoxy) is 2. The Hall–Kier alpha value is -0.610. The van der Waals surface area contributed by atoms with Crippen molar-refractivity contribution in [2.45, 2.75) is 46.3 Å². The molecule has 0 amide bonds. The van der Waals surface area contributed by atoms with Crippen LogP contribution in [0.2, 0.25) is 0 Å². The second-order valence-electron chi connectivity index (χ2n) is 3.39. The molecule has 1 N–H and O–H groups in total. The van der Waals surface area contributed by atoms with Gasteiger partial charge in [-0.25, -0.2) is 0 Å². The van der Waals surface area contributed by atoms with Gasteiger partial charge in [0.05, 0.1) is 12.7 Å². The molecule has 4 nitrogen and oxygen atoms in total. The van der Waals surface area contributed by atoms with Crippen LogP contribution < -0.4 is 5.32 Å². The first-order valence-corrected chi connectivity index (χ1v) is 5.67. The average Bonchev–Trinajstić information content (AvgIpc) is 2.19. The lowest BCUT2D eigenvalue weighted by Crippen LogP contribution is -2.41. The maximum absolute atomic E-state index is 11.4. The van der Waals surface area contributed by atoms with Gasteiger partial charge in [0.1, 0.15) is 6.04 Å². The first-order valence-electron chi connectivity index (χ1n) is 5.67. The van der Waals surface area contributed by atoms with Crippen molar-refractivity contribution in [2.75, 3.05) is 19.8 Å². The Kier molecular flexibility index (Phi) is 8.33. The summed E-state index contributed by atoms with van der Waals surface area (Å²) in [6.07, 6.45) is 0.857. The van der Waals surface area contributed by atoms with E-state index in [2.05, 4.69) is 5.32 Å². The number of hydrogen-bond donors (Lipinski definition) is 1. The molecule has 0 rings (SSSR count). The summed E-state index contributed by atoms with van der Waals surface area (Å²) in [6.45, 7) is 9.50. The summed E-state index contributed by atoms with van der Waals surface area (Å²) >= 11 is 0. The lowest BCUT2D eigenvalue weighted by atomic mass is 10.2. The minimum absolute atomic E-state index is 0.124. The second kappa shape index (κ2) is 8.68. The molecular formula is C11H23NO3. The molecule has 0 aromatic carbocycles. The van der Waals surface area contributed by atoms with Gasteiger partial charge in [0.25, 0.3) is 0 Å². The molecular weight excluding hydrogens is 194 g/mol. The SMILES string of the molecule is CCOC(=O)C(CC)NCC(C)OCC. The van der Waals surface area contributed by atoms with Crippen molar-refractivity contribution < 1.29 is 14.3 Å². The largest absolute Gasteiger partial charge is 0.465 e. The molecule has 0 saturated heterocycles. The molecule has 0 aromatic heterocycles. The highest BCUT2D eigenvalue weighted by Crippen LogP contribution is 1.96. The maximum Gasteiger partial charge on any atom is 0.323 e. The summed E-state index contributed by atoms with van der Waals surface area (Å²) in [5, 5.41) is 3.14. The van der Waals surface area contributed by atoms with Crippen LogP contribution in [0.25, 0.3) is 0 Å². The van der Waals surface area contributed by atoms with Crippen molar-refractivity contribution in [3.8, 4) is 0 Å². The number of carbonyl (C=O) groups is 1. The maximum atomic E-state index is 11.4. The van der Waals surface area contributed by atoms with E-state index < -0.39 is 0 Å². The number of rotatable bonds is 8. The molecule has 0 aliphatic heterocycles. The molecule has 0 aliphatic carbocycles. The molecule has 0 saturated carbocycles. The second-order valence-corrected chi connectivity index (χ2v) is 3.39. The van der Waals surface area contributed by atoms with E-state index in [0.717, 1.165) is 6.42 Å². The molecule has 0 spiro atoms. The number of hydrogen-bond acceptors (Lipinski definition) is 4. The van der Waals surface area contributed by atoms with Gasteiger partial charge in [0.2, 0.25) is 0 Å². The third-order valence-electron chi connectivity index (χ3n) is 2.08. The highest BCUT2D eigenvalue weighted by atomic mass is 16.5. The molecule has 0 bridgehead atoms. The van der Waals surface area contributed by atoms with Crippen LogP contribution in [0.1, 0.15) is 34.1 Å². The Morgan fingerprint density at radius 1 is 1.27 bits per heavy atom. The van der Waals surface area contributed by atoms with Crippen LogP contribution in [0.4, 0.5) is 0 Å². The zero-order valence-corrected chi connectivity index (χ0v) is 10.2. The predicted molar refractivity (Wildman–Crippen MR) is 59.8 cm³/mol. The van der Waals surface area contributed by atoms with Crippen LogP contribution in [0.3, 0.4) is 0 Å². The van der Waals surface area contributed by atoms with Crippen LogP contribution in [0.15, 0.2) is 0 Å². The molecule has 0 aliphatic rings. The summed E-state index contributed by atoms with van der Waals surface area (Å²) < 4.78 is 10.3. The van der Waals surface area contributed by atoms with Crippen LogP contribution in [-0.2, 0) is 14.3 Å². The fraction of sp³-hybridized carbons (Fsp3) is 0.909. The van der Waals surface area contributed by atoms with Crippen molar-refractivity contribution in [2.24, 2.45) is 0 Å². The van der Waals surface area contributed by atoms with E-state index in [9.17, 15) is 4.79 Å². The minimum atomic E-state index is -0.215. The molecule has 0 heterocycles. The molecule has 15 heavy (non-hydrogen) atoms. The predicted octanol–water partition coefficient (Wildman–Crippen LogP) is 1.34. The Labute approximate surface area is 92.3 Å². The molecule has 90 valence electrons. The third-order valence-corrected chi connectivity index (χ3v) is 2.08. The molecule has 2 unspecified atom stereocenters. The molecule has 4 heteroatoms. The van der Waals surface area contributed by atoms with Crippen molar-refractivity contribution in [3.05, 3.63) is 0 Å². The van der Waals surface area contributed by atoms with Gasteiger partial charge in [0, 0.05) is 13.2 Å². The zero-order chi connectivity index (χ0) is 11.7. The van der Waals surface area contributed by atoms with E-state index in [1.807, 2.05) is 27.7 Å². The highest BCUT2D eigenvalue weighted by molar-refractivity contribution is 5.75. The lowest BCUT2D eigenvalue weighted by Gasteiger charge is -2.18. The quantitative estimate of drug-likeness (QED) is 0.623. The normalized spacial score (nSPS) is 14.7. The van der Waals surface area contributed by atoms with Gasteiger partial charge in [0.15, 0.2) is 0 Å². The summed E-state index contributed by atoms with van der Waals surface area (Å²) in [5.41, 5.74) is 0. The summed E-state index contributed by atoms with van der Waals surface area (Å²) in [7, 11) is 0. The van der Waals surface area contributed by atoms with E-state index >= 15 is 0 Å². The molecule has 0 radical (unpaired) electrons. The van der Waals surface area contributed by atoms with Gasteiger partial charge in [-0.3, -0.25) is 4.79 Å². The highest BCUT2D eigenvalue weighted by Gasteiger charge is 2.17. The standard InChI is InChI=1S/C11H23NO3/c1-5-10(11(13)15-7-3)12-8-9(4)14-6-2/h9-10,12H,5-8H2,1-4H3. The van der Waals surface area contributed by atoms with Gasteiger partial charge < -0.3 is 14.8 Å². The molecule has 0 aromatic rings. The fourth-order valence-corrected chi connectivity index (χ4v) is 1.29. The van der Waals surface area contributed by atoms with E-state index in [1.54, 1.807) is 0 Å². The Bertz CT molecular complexity index is 173. The van der Waals surface area contributed by atoms with Crippen molar-refractivity contribution in [1.82, 2.24) is 5.32 Å². The fourth-order valence-electron chi connectivity index (χ4n) is 1.29. The first-order chi connectivity index (χ1) is 7.15. The number of nitrogens with one attached hydrogen (secondary N) is 1. The Morgan fingerprint density at radius 3 is 2.40 bits per heavy atom. The monoisotopic (exact) mass is 217 g/mol. The number of esters is 1. The smallest absolute Gasteiger partial charge is 0.323 e. The van der Waals surface area contributed by atoms with Crippen LogP contribution in [0.5, 0.6) is 0 Å². The molecule has 2 atom stereocenters. The lowest BCUT2D eigenvalue weighted by molar-refractivity contribution is -0.145. The van der Waals surface area contributed by atoms with Crippen LogP contribution in [0, 0.1) is 0 Å². The zero-order valence-electron chi connectivity index (χ0n) is 10.2. The summed E-state index contributed by atoms with van der Waals surface area (Å²) in [5.74, 6) is -0.177. The summed E-state index contributed by atoms with van der Waals surface area (Å²) in [4.78, 5) is 11.4. The van der Waals surface area contributed by atoms with Crippen molar-refractivity contribution in [1.29, 1.82) is 0 Å². The topological polar surface area (TPSA) is 47.6 Å². The minimum Gasteiger partial charge on any atom is -0.465 e. The summed E-state index contributed by atoms with van der Waals surface area (Å²) in [6, 6.07) is -0.215. The van der Waals surface area contributed by atoms with Gasteiger partial charge >= 0.3 is 5.97 Å². The van der Waals surface area contributed by atoms with Gasteiger partial charge in [-0.05, 0) is 27.2 Å². The first kappa shape index (κ1) is 14.4. The van der Waals surface area contributed by atoms with Crippen molar-refractivity contribution >= 4 is 5.97 Å². The van der Waals surface area contributed by atoms with Gasteiger partial charge in [-0.2, -0.15) is 0 Å². The van der Waals surface area contributed by atoms with E-state index in [0.29, 0.717) is 19.8 Å². The molecule has 0 fully saturated rings. The van der Waals surface area contributed by atoms with Crippen LogP contribution in [-0.4, -0.2) is 37.9 Å². The van der Waals surface area contributed by atoms with E-state index in [1.165, 1.54) is 0 Å².